The van der Waals surface area contributed by atoms with E-state index in [2.05, 4.69) is 35.5 Å². The zero-order valence-corrected chi connectivity index (χ0v) is 20.0. The average Bonchev–Trinajstić information content (AvgIpc) is 3.11. The van der Waals surface area contributed by atoms with Crippen molar-refractivity contribution in [1.29, 1.82) is 0 Å². The number of nitrogens with one attached hydrogen (secondary N) is 2. The summed E-state index contributed by atoms with van der Waals surface area (Å²) in [6.45, 7) is 11.0. The fourth-order valence-corrected chi connectivity index (χ4v) is 3.06. The van der Waals surface area contributed by atoms with Crippen molar-refractivity contribution in [2.24, 2.45) is 16.8 Å². The molecule has 0 aromatic heterocycles. The van der Waals surface area contributed by atoms with E-state index in [0.717, 1.165) is 36.8 Å². The van der Waals surface area contributed by atoms with Crippen molar-refractivity contribution in [3.05, 3.63) is 29.8 Å². The monoisotopic (exact) mass is 502 g/mol. The standard InChI is InChI=1S/C21H34N4O2.HI/c1-15(2)14-27-19-9-7-6-8-17(19)12-23-21(22-5)24-18-10-11-25(13-18)20(26)16(3)4;/h6-9,15-16,18H,10-14H2,1-5H3,(H2,22,23,24);1H. The predicted molar refractivity (Wildman–Crippen MR) is 125 cm³/mol. The number of ether oxygens (including phenoxy) is 1. The number of guanidine groups is 1. The molecule has 1 saturated heterocycles. The first-order valence-electron chi connectivity index (χ1n) is 9.87. The number of para-hydroxylation sites is 1. The van der Waals surface area contributed by atoms with E-state index in [0.29, 0.717) is 19.1 Å². The average molecular weight is 502 g/mol. The van der Waals surface area contributed by atoms with Crippen molar-refractivity contribution in [3.63, 3.8) is 0 Å². The van der Waals surface area contributed by atoms with Crippen molar-refractivity contribution >= 4 is 35.8 Å². The van der Waals surface area contributed by atoms with Gasteiger partial charge in [0.2, 0.25) is 5.91 Å². The number of benzene rings is 1. The van der Waals surface area contributed by atoms with Gasteiger partial charge in [-0.05, 0) is 18.4 Å². The maximum atomic E-state index is 12.1. The minimum absolute atomic E-state index is 0. The smallest absolute Gasteiger partial charge is 0.225 e. The molecule has 0 radical (unpaired) electrons. The van der Waals surface area contributed by atoms with Crippen LogP contribution >= 0.6 is 24.0 Å². The maximum absolute atomic E-state index is 12.1. The first-order valence-corrected chi connectivity index (χ1v) is 9.87. The summed E-state index contributed by atoms with van der Waals surface area (Å²) in [5, 5.41) is 6.80. The Morgan fingerprint density at radius 1 is 1.29 bits per heavy atom. The van der Waals surface area contributed by atoms with Crippen molar-refractivity contribution in [3.8, 4) is 5.75 Å². The Labute approximate surface area is 186 Å². The molecule has 158 valence electrons. The maximum Gasteiger partial charge on any atom is 0.225 e. The second-order valence-electron chi connectivity index (χ2n) is 7.81. The summed E-state index contributed by atoms with van der Waals surface area (Å²) >= 11 is 0. The van der Waals surface area contributed by atoms with E-state index in [1.165, 1.54) is 0 Å². The third-order valence-corrected chi connectivity index (χ3v) is 4.55. The van der Waals surface area contributed by atoms with Crippen LogP contribution in [0.15, 0.2) is 29.3 Å². The largest absolute Gasteiger partial charge is 0.493 e. The molecule has 0 aliphatic carbocycles. The van der Waals surface area contributed by atoms with Gasteiger partial charge in [-0.2, -0.15) is 0 Å². The zero-order valence-electron chi connectivity index (χ0n) is 17.7. The number of halogens is 1. The van der Waals surface area contributed by atoms with E-state index in [9.17, 15) is 4.79 Å². The van der Waals surface area contributed by atoms with Gasteiger partial charge in [-0.1, -0.05) is 45.9 Å². The third kappa shape index (κ3) is 7.48. The molecular weight excluding hydrogens is 467 g/mol. The molecule has 1 aliphatic rings. The van der Waals surface area contributed by atoms with Crippen LogP contribution in [0.2, 0.25) is 0 Å². The highest BCUT2D eigenvalue weighted by Gasteiger charge is 2.27. The first kappa shape index (κ1) is 24.5. The molecule has 1 aromatic rings. The summed E-state index contributed by atoms with van der Waals surface area (Å²) in [6, 6.07) is 8.30. The molecule has 2 N–H and O–H groups in total. The Morgan fingerprint density at radius 2 is 2.00 bits per heavy atom. The fourth-order valence-electron chi connectivity index (χ4n) is 3.06. The number of hydrogen-bond acceptors (Lipinski definition) is 3. The molecule has 1 atom stereocenters. The van der Waals surface area contributed by atoms with Crippen molar-refractivity contribution < 1.29 is 9.53 Å². The van der Waals surface area contributed by atoms with Crippen LogP contribution in [0.3, 0.4) is 0 Å². The van der Waals surface area contributed by atoms with Crippen LogP contribution in [-0.2, 0) is 11.3 Å². The van der Waals surface area contributed by atoms with Gasteiger partial charge in [-0.15, -0.1) is 24.0 Å². The molecule has 2 rings (SSSR count). The van der Waals surface area contributed by atoms with Gasteiger partial charge in [0, 0.05) is 44.2 Å². The van der Waals surface area contributed by atoms with Crippen LogP contribution in [0.5, 0.6) is 5.75 Å². The summed E-state index contributed by atoms with van der Waals surface area (Å²) in [6.07, 6.45) is 0.938. The summed E-state index contributed by atoms with van der Waals surface area (Å²) < 4.78 is 5.92. The lowest BCUT2D eigenvalue weighted by Gasteiger charge is -2.20. The van der Waals surface area contributed by atoms with Crippen molar-refractivity contribution in [2.45, 2.75) is 46.7 Å². The fraction of sp³-hybridized carbons (Fsp3) is 0.619. The number of rotatable bonds is 7. The number of aliphatic imine (C=N–C) groups is 1. The van der Waals surface area contributed by atoms with E-state index in [1.54, 1.807) is 7.05 Å². The highest BCUT2D eigenvalue weighted by molar-refractivity contribution is 14.0. The number of carbonyl (C=O) groups is 1. The Hall–Kier alpha value is -1.51. The van der Waals surface area contributed by atoms with Crippen LogP contribution in [0.25, 0.3) is 0 Å². The Morgan fingerprint density at radius 3 is 2.64 bits per heavy atom. The molecule has 7 heteroatoms. The van der Waals surface area contributed by atoms with Gasteiger partial charge >= 0.3 is 0 Å². The SMILES string of the molecule is CN=C(NCc1ccccc1OCC(C)C)NC1CCN(C(=O)C(C)C)C1.I. The van der Waals surface area contributed by atoms with E-state index < -0.39 is 0 Å². The minimum Gasteiger partial charge on any atom is -0.493 e. The topological polar surface area (TPSA) is 66.0 Å². The Kier molecular flexibility index (Phi) is 10.6. The number of nitrogens with zero attached hydrogens (tertiary/aromatic N) is 2. The lowest BCUT2D eigenvalue weighted by Crippen LogP contribution is -2.45. The number of amides is 1. The molecule has 1 aliphatic heterocycles. The normalized spacial score (nSPS) is 16.9. The molecule has 0 saturated carbocycles. The Balaban J connectivity index is 0.00000392. The second kappa shape index (κ2) is 12.1. The number of carbonyl (C=O) groups excluding carboxylic acids is 1. The summed E-state index contributed by atoms with van der Waals surface area (Å²) in [7, 11) is 1.77. The number of hydrogen-bond donors (Lipinski definition) is 2. The van der Waals surface area contributed by atoms with Crippen LogP contribution in [0.4, 0.5) is 0 Å². The van der Waals surface area contributed by atoms with Gasteiger partial charge < -0.3 is 20.3 Å². The molecule has 0 bridgehead atoms. The highest BCUT2D eigenvalue weighted by atomic mass is 127. The summed E-state index contributed by atoms with van der Waals surface area (Å²) in [5.41, 5.74) is 1.10. The molecule has 1 aromatic carbocycles. The van der Waals surface area contributed by atoms with Gasteiger partial charge in [-0.25, -0.2) is 0 Å². The molecule has 6 nitrogen and oxygen atoms in total. The summed E-state index contributed by atoms with van der Waals surface area (Å²) in [4.78, 5) is 18.4. The lowest BCUT2D eigenvalue weighted by atomic mass is 10.2. The molecule has 1 amide bonds. The van der Waals surface area contributed by atoms with E-state index in [-0.39, 0.29) is 41.8 Å². The van der Waals surface area contributed by atoms with Crippen LogP contribution < -0.4 is 15.4 Å². The molecule has 0 spiro atoms. The van der Waals surface area contributed by atoms with Crippen molar-refractivity contribution in [1.82, 2.24) is 15.5 Å². The molecule has 1 unspecified atom stereocenters. The number of likely N-dealkylation sites (tertiary alicyclic amines) is 1. The molecule has 28 heavy (non-hydrogen) atoms. The second-order valence-corrected chi connectivity index (χ2v) is 7.81. The van der Waals surface area contributed by atoms with Gasteiger partial charge in [0.05, 0.1) is 6.61 Å². The molecule has 1 fully saturated rings. The van der Waals surface area contributed by atoms with E-state index >= 15 is 0 Å². The zero-order chi connectivity index (χ0) is 19.8. The first-order chi connectivity index (χ1) is 12.9. The van der Waals surface area contributed by atoms with Gasteiger partial charge in [0.25, 0.3) is 0 Å². The lowest BCUT2D eigenvalue weighted by molar-refractivity contribution is -0.133. The summed E-state index contributed by atoms with van der Waals surface area (Å²) in [5.74, 6) is 2.41. The van der Waals surface area contributed by atoms with E-state index in [4.69, 9.17) is 4.74 Å². The Bertz CT molecular complexity index is 649. The van der Waals surface area contributed by atoms with E-state index in [1.807, 2.05) is 36.9 Å². The van der Waals surface area contributed by atoms with Crippen LogP contribution in [-0.4, -0.2) is 49.6 Å². The van der Waals surface area contributed by atoms with Gasteiger partial charge in [0.1, 0.15) is 5.75 Å². The molecule has 1 heterocycles. The minimum atomic E-state index is 0. The predicted octanol–water partition coefficient (Wildman–Crippen LogP) is 3.26. The van der Waals surface area contributed by atoms with Gasteiger partial charge in [-0.3, -0.25) is 9.79 Å². The van der Waals surface area contributed by atoms with Crippen LogP contribution in [0, 0.1) is 11.8 Å². The van der Waals surface area contributed by atoms with Crippen molar-refractivity contribution in [2.75, 3.05) is 26.7 Å². The quantitative estimate of drug-likeness (QED) is 0.342. The highest BCUT2D eigenvalue weighted by Crippen LogP contribution is 2.18. The third-order valence-electron chi connectivity index (χ3n) is 4.55. The van der Waals surface area contributed by atoms with Gasteiger partial charge in [0.15, 0.2) is 5.96 Å². The van der Waals surface area contributed by atoms with Crippen LogP contribution in [0.1, 0.15) is 39.7 Å². The molecular formula is C21H35IN4O2.